The lowest BCUT2D eigenvalue weighted by Crippen LogP contribution is -2.14. The molecule has 0 unspecified atom stereocenters. The van der Waals surface area contributed by atoms with Gasteiger partial charge in [0.1, 0.15) is 11.5 Å². The van der Waals surface area contributed by atoms with Gasteiger partial charge in [-0.3, -0.25) is 0 Å². The van der Waals surface area contributed by atoms with Crippen molar-refractivity contribution < 1.29 is 28.4 Å². The van der Waals surface area contributed by atoms with Crippen molar-refractivity contribution >= 4 is 0 Å². The Hall–Kier alpha value is -3.02. The van der Waals surface area contributed by atoms with E-state index in [2.05, 4.69) is 6.92 Å². The molecule has 0 saturated heterocycles. The summed E-state index contributed by atoms with van der Waals surface area (Å²) in [7, 11) is 4.83. The topological polar surface area (TPSA) is 55.4 Å². The first kappa shape index (κ1) is 17.4. The highest BCUT2D eigenvalue weighted by Crippen LogP contribution is 2.50. The lowest BCUT2D eigenvalue weighted by molar-refractivity contribution is 0.174. The number of methoxy groups -OCH3 is 3. The van der Waals surface area contributed by atoms with Crippen LogP contribution in [0.4, 0.5) is 0 Å². The van der Waals surface area contributed by atoms with Crippen LogP contribution in [0.15, 0.2) is 35.6 Å². The monoisotopic (exact) mass is 370 g/mol. The summed E-state index contributed by atoms with van der Waals surface area (Å²) in [6.07, 6.45) is 0. The normalized spacial score (nSPS) is 17.3. The number of hydrogen-bond acceptors (Lipinski definition) is 6. The van der Waals surface area contributed by atoms with Crippen LogP contribution >= 0.6 is 0 Å². The maximum atomic E-state index is 6.04. The van der Waals surface area contributed by atoms with Gasteiger partial charge in [0.05, 0.1) is 21.3 Å². The number of ether oxygens (including phenoxy) is 6. The highest BCUT2D eigenvalue weighted by Gasteiger charge is 2.31. The van der Waals surface area contributed by atoms with Crippen LogP contribution in [0.25, 0.3) is 0 Å². The summed E-state index contributed by atoms with van der Waals surface area (Å²) in [5.74, 6) is 4.82. The van der Waals surface area contributed by atoms with Crippen molar-refractivity contribution in [2.75, 3.05) is 28.1 Å². The summed E-state index contributed by atoms with van der Waals surface area (Å²) < 4.78 is 33.6. The molecular weight excluding hydrogens is 348 g/mol. The average Bonchev–Trinajstić information content (AvgIpc) is 3.13. The molecule has 2 aromatic carbocycles. The quantitative estimate of drug-likeness (QED) is 0.802. The number of benzene rings is 2. The molecule has 27 heavy (non-hydrogen) atoms. The van der Waals surface area contributed by atoms with E-state index in [0.717, 1.165) is 34.0 Å². The average molecular weight is 370 g/mol. The number of hydrogen-bond donors (Lipinski definition) is 0. The van der Waals surface area contributed by atoms with E-state index in [9.17, 15) is 0 Å². The van der Waals surface area contributed by atoms with Crippen LogP contribution in [-0.4, -0.2) is 28.1 Å². The molecule has 6 heteroatoms. The standard InChI is InChI=1S/C21H22O6/c1-11-12(2)27-15-9-17-16(25-10-26-17)8-14(15)20(11)13-6-18(22-3)21(24-5)19(7-13)23-4/h6-9,20H,10H2,1-5H3/t20-/m0/s1. The third kappa shape index (κ3) is 2.72. The predicted octanol–water partition coefficient (Wildman–Crippen LogP) is 4.26. The van der Waals surface area contributed by atoms with E-state index in [0.29, 0.717) is 23.0 Å². The molecule has 6 nitrogen and oxygen atoms in total. The molecule has 0 saturated carbocycles. The summed E-state index contributed by atoms with van der Waals surface area (Å²) in [4.78, 5) is 0. The third-order valence-corrected chi connectivity index (χ3v) is 5.09. The summed E-state index contributed by atoms with van der Waals surface area (Å²) in [5.41, 5.74) is 3.14. The van der Waals surface area contributed by atoms with Crippen molar-refractivity contribution in [2.45, 2.75) is 19.8 Å². The predicted molar refractivity (Wildman–Crippen MR) is 99.5 cm³/mol. The summed E-state index contributed by atoms with van der Waals surface area (Å²) in [6.45, 7) is 4.25. The van der Waals surface area contributed by atoms with Crippen LogP contribution in [0.1, 0.15) is 30.9 Å². The smallest absolute Gasteiger partial charge is 0.231 e. The molecule has 0 aromatic heterocycles. The Morgan fingerprint density at radius 3 is 2.04 bits per heavy atom. The van der Waals surface area contributed by atoms with Gasteiger partial charge < -0.3 is 28.4 Å². The number of allylic oxidation sites excluding steroid dienone is 2. The van der Waals surface area contributed by atoms with E-state index >= 15 is 0 Å². The Morgan fingerprint density at radius 1 is 0.815 bits per heavy atom. The fourth-order valence-corrected chi connectivity index (χ4v) is 3.63. The van der Waals surface area contributed by atoms with E-state index in [-0.39, 0.29) is 12.7 Å². The SMILES string of the molecule is COc1cc([C@@H]2C(C)=C(C)Oc3cc4c(cc32)OCO4)cc(OC)c1OC. The highest BCUT2D eigenvalue weighted by atomic mass is 16.7. The van der Waals surface area contributed by atoms with Gasteiger partial charge in [-0.15, -0.1) is 0 Å². The van der Waals surface area contributed by atoms with Crippen molar-refractivity contribution in [2.24, 2.45) is 0 Å². The fourth-order valence-electron chi connectivity index (χ4n) is 3.63. The second-order valence-electron chi connectivity index (χ2n) is 6.48. The molecule has 2 heterocycles. The molecule has 0 fully saturated rings. The maximum absolute atomic E-state index is 6.04. The lowest BCUT2D eigenvalue weighted by Gasteiger charge is -2.29. The van der Waals surface area contributed by atoms with Gasteiger partial charge in [0.25, 0.3) is 0 Å². The molecule has 2 aliphatic heterocycles. The highest BCUT2D eigenvalue weighted by molar-refractivity contribution is 5.62. The van der Waals surface area contributed by atoms with Crippen LogP contribution in [0.3, 0.4) is 0 Å². The first-order valence-corrected chi connectivity index (χ1v) is 8.66. The van der Waals surface area contributed by atoms with Crippen LogP contribution in [-0.2, 0) is 0 Å². The van der Waals surface area contributed by atoms with Crippen molar-refractivity contribution in [3.05, 3.63) is 46.7 Å². The molecule has 0 aliphatic carbocycles. The largest absolute Gasteiger partial charge is 0.493 e. The van der Waals surface area contributed by atoms with E-state index in [1.807, 2.05) is 31.2 Å². The fraction of sp³-hybridized carbons (Fsp3) is 0.333. The summed E-state index contributed by atoms with van der Waals surface area (Å²) >= 11 is 0. The van der Waals surface area contributed by atoms with Gasteiger partial charge in [0.2, 0.25) is 12.5 Å². The Labute approximate surface area is 158 Å². The molecule has 0 amide bonds. The van der Waals surface area contributed by atoms with Crippen LogP contribution in [0.2, 0.25) is 0 Å². The first-order valence-electron chi connectivity index (χ1n) is 8.66. The zero-order valence-electron chi connectivity index (χ0n) is 16.0. The molecule has 4 rings (SSSR count). The molecule has 2 aliphatic rings. The van der Waals surface area contributed by atoms with Gasteiger partial charge in [0.15, 0.2) is 23.0 Å². The van der Waals surface area contributed by atoms with Crippen molar-refractivity contribution in [3.8, 4) is 34.5 Å². The summed E-state index contributed by atoms with van der Waals surface area (Å²) in [6, 6.07) is 7.82. The first-order chi connectivity index (χ1) is 13.1. The van der Waals surface area contributed by atoms with Crippen molar-refractivity contribution in [1.82, 2.24) is 0 Å². The molecule has 0 bridgehead atoms. The van der Waals surface area contributed by atoms with E-state index in [4.69, 9.17) is 28.4 Å². The van der Waals surface area contributed by atoms with Crippen molar-refractivity contribution in [3.63, 3.8) is 0 Å². The van der Waals surface area contributed by atoms with E-state index in [1.165, 1.54) is 0 Å². The van der Waals surface area contributed by atoms with Crippen LogP contribution in [0, 0.1) is 0 Å². The van der Waals surface area contributed by atoms with Crippen LogP contribution < -0.4 is 28.4 Å². The minimum atomic E-state index is -0.0306. The molecule has 0 radical (unpaired) electrons. The second kappa shape index (κ2) is 6.61. The molecule has 0 N–H and O–H groups in total. The van der Waals surface area contributed by atoms with Crippen LogP contribution in [0.5, 0.6) is 34.5 Å². The zero-order valence-corrected chi connectivity index (χ0v) is 16.0. The van der Waals surface area contributed by atoms with E-state index < -0.39 is 0 Å². The Balaban J connectivity index is 1.91. The van der Waals surface area contributed by atoms with Gasteiger partial charge in [-0.25, -0.2) is 0 Å². The van der Waals surface area contributed by atoms with Gasteiger partial charge in [0, 0.05) is 17.5 Å². The van der Waals surface area contributed by atoms with Gasteiger partial charge in [-0.2, -0.15) is 0 Å². The minimum Gasteiger partial charge on any atom is -0.493 e. The molecule has 0 spiro atoms. The van der Waals surface area contributed by atoms with Gasteiger partial charge in [-0.05, 0) is 43.2 Å². The lowest BCUT2D eigenvalue weighted by atomic mass is 9.82. The maximum Gasteiger partial charge on any atom is 0.231 e. The van der Waals surface area contributed by atoms with Gasteiger partial charge in [-0.1, -0.05) is 0 Å². The Kier molecular flexibility index (Phi) is 4.26. The molecule has 2 aromatic rings. The molecule has 1 atom stereocenters. The second-order valence-corrected chi connectivity index (χ2v) is 6.48. The molecular formula is C21H22O6. The minimum absolute atomic E-state index is 0.0306. The van der Waals surface area contributed by atoms with Gasteiger partial charge >= 0.3 is 0 Å². The van der Waals surface area contributed by atoms with Crippen molar-refractivity contribution in [1.29, 1.82) is 0 Å². The molecule has 142 valence electrons. The summed E-state index contributed by atoms with van der Waals surface area (Å²) in [5, 5.41) is 0. The third-order valence-electron chi connectivity index (χ3n) is 5.09. The number of fused-ring (bicyclic) bond motifs is 2. The number of rotatable bonds is 4. The zero-order chi connectivity index (χ0) is 19.1. The Morgan fingerprint density at radius 2 is 1.44 bits per heavy atom. The van der Waals surface area contributed by atoms with E-state index in [1.54, 1.807) is 21.3 Å². The Bertz CT molecular complexity index is 906.